The van der Waals surface area contributed by atoms with Crippen molar-refractivity contribution in [3.05, 3.63) is 40.6 Å². The van der Waals surface area contributed by atoms with Gasteiger partial charge in [0.15, 0.2) is 0 Å². The molecule has 0 saturated carbocycles. The normalized spacial score (nSPS) is 12.7. The van der Waals surface area contributed by atoms with Crippen LogP contribution in [0.2, 0.25) is 0 Å². The van der Waals surface area contributed by atoms with Crippen molar-refractivity contribution in [2.75, 3.05) is 0 Å². The molecule has 0 aliphatic carbocycles. The van der Waals surface area contributed by atoms with Crippen molar-refractivity contribution in [2.45, 2.75) is 22.8 Å². The van der Waals surface area contributed by atoms with Gasteiger partial charge in [0, 0.05) is 28.7 Å². The molecule has 2 aromatic rings. The van der Waals surface area contributed by atoms with Crippen LogP contribution in [0, 0.1) is 0 Å². The summed E-state index contributed by atoms with van der Waals surface area (Å²) in [5.74, 6) is 0. The molecule has 1 aromatic heterocycles. The second kappa shape index (κ2) is 5.25. The highest BCUT2D eigenvalue weighted by atomic mass is 79.9. The Labute approximate surface area is 114 Å². The van der Waals surface area contributed by atoms with Gasteiger partial charge in [0.1, 0.15) is 0 Å². The summed E-state index contributed by atoms with van der Waals surface area (Å²) in [5.41, 5.74) is 7.00. The Bertz CT molecular complexity index is 522. The molecule has 0 fully saturated rings. The monoisotopic (exact) mass is 311 g/mol. The number of aryl methyl sites for hydroxylation is 1. The maximum absolute atomic E-state index is 5.87. The zero-order valence-corrected chi connectivity index (χ0v) is 12.1. The van der Waals surface area contributed by atoms with Crippen LogP contribution in [0.4, 0.5) is 0 Å². The smallest absolute Gasteiger partial charge is 0.0629 e. The molecule has 2 rings (SSSR count). The topological polar surface area (TPSA) is 43.8 Å². The lowest BCUT2D eigenvalue weighted by atomic mass is 10.1. The van der Waals surface area contributed by atoms with E-state index in [9.17, 15) is 0 Å². The maximum Gasteiger partial charge on any atom is 0.0629 e. The molecule has 3 nitrogen and oxygen atoms in total. The number of benzene rings is 1. The van der Waals surface area contributed by atoms with E-state index in [0.717, 1.165) is 14.9 Å². The highest BCUT2D eigenvalue weighted by molar-refractivity contribution is 9.10. The first kappa shape index (κ1) is 12.7. The van der Waals surface area contributed by atoms with E-state index in [1.165, 1.54) is 4.90 Å². The van der Waals surface area contributed by atoms with Gasteiger partial charge < -0.3 is 5.73 Å². The number of hydrogen-bond donors (Lipinski definition) is 1. The first-order valence-corrected chi connectivity index (χ1v) is 6.89. The molecule has 5 heteroatoms. The molecule has 0 radical (unpaired) electrons. The summed E-state index contributed by atoms with van der Waals surface area (Å²) in [6.45, 7) is 1.98. The van der Waals surface area contributed by atoms with Crippen LogP contribution in [0.1, 0.15) is 18.5 Å². The van der Waals surface area contributed by atoms with Crippen LogP contribution in [-0.2, 0) is 7.05 Å². The molecule has 1 heterocycles. The van der Waals surface area contributed by atoms with Crippen molar-refractivity contribution in [2.24, 2.45) is 12.8 Å². The fourth-order valence-electron chi connectivity index (χ4n) is 1.53. The Morgan fingerprint density at radius 3 is 2.71 bits per heavy atom. The van der Waals surface area contributed by atoms with Crippen LogP contribution in [-0.4, -0.2) is 9.78 Å². The molecule has 0 amide bonds. The summed E-state index contributed by atoms with van der Waals surface area (Å²) in [4.78, 5) is 2.31. The Balaban J connectivity index is 2.20. The third-order valence-corrected chi connectivity index (χ3v) is 4.00. The molecule has 0 bridgehead atoms. The molecule has 0 saturated heterocycles. The van der Waals surface area contributed by atoms with Gasteiger partial charge in [-0.05, 0) is 24.6 Å². The van der Waals surface area contributed by atoms with Crippen molar-refractivity contribution in [1.29, 1.82) is 0 Å². The second-order valence-electron chi connectivity index (χ2n) is 3.92. The van der Waals surface area contributed by atoms with Crippen LogP contribution in [0.3, 0.4) is 0 Å². The third kappa shape index (κ3) is 3.12. The van der Waals surface area contributed by atoms with E-state index in [-0.39, 0.29) is 6.04 Å². The van der Waals surface area contributed by atoms with E-state index in [2.05, 4.69) is 39.2 Å². The van der Waals surface area contributed by atoms with E-state index in [1.807, 2.05) is 26.4 Å². The lowest BCUT2D eigenvalue weighted by molar-refractivity contribution is 0.766. The Morgan fingerprint density at radius 1 is 1.41 bits per heavy atom. The minimum atomic E-state index is 0.0433. The Hall–Kier alpha value is -0.780. The number of hydrogen-bond acceptors (Lipinski definition) is 3. The van der Waals surface area contributed by atoms with Gasteiger partial charge in [0.2, 0.25) is 0 Å². The van der Waals surface area contributed by atoms with Crippen LogP contribution >= 0.6 is 27.7 Å². The number of aromatic nitrogens is 2. The van der Waals surface area contributed by atoms with Gasteiger partial charge in [-0.15, -0.1) is 0 Å². The Kier molecular flexibility index (Phi) is 3.91. The SMILES string of the molecule is C[C@H](N)c1ccc(Sc2cnn(C)c2)cc1Br. The molecular weight excluding hydrogens is 298 g/mol. The quantitative estimate of drug-likeness (QED) is 0.945. The fraction of sp³-hybridized carbons (Fsp3) is 0.250. The average molecular weight is 312 g/mol. The second-order valence-corrected chi connectivity index (χ2v) is 5.93. The summed E-state index contributed by atoms with van der Waals surface area (Å²) >= 11 is 5.24. The lowest BCUT2D eigenvalue weighted by Crippen LogP contribution is -2.05. The highest BCUT2D eigenvalue weighted by Crippen LogP contribution is 2.32. The van der Waals surface area contributed by atoms with Gasteiger partial charge in [-0.2, -0.15) is 5.10 Å². The molecule has 17 heavy (non-hydrogen) atoms. The van der Waals surface area contributed by atoms with Crippen molar-refractivity contribution in [3.63, 3.8) is 0 Å². The molecule has 2 N–H and O–H groups in total. The number of nitrogens with zero attached hydrogens (tertiary/aromatic N) is 2. The van der Waals surface area contributed by atoms with E-state index in [0.29, 0.717) is 0 Å². The van der Waals surface area contributed by atoms with Gasteiger partial charge in [-0.25, -0.2) is 0 Å². The van der Waals surface area contributed by atoms with Crippen LogP contribution < -0.4 is 5.73 Å². The van der Waals surface area contributed by atoms with Crippen molar-refractivity contribution >= 4 is 27.7 Å². The molecule has 0 aliphatic heterocycles. The van der Waals surface area contributed by atoms with E-state index in [1.54, 1.807) is 16.4 Å². The number of nitrogens with two attached hydrogens (primary N) is 1. The summed E-state index contributed by atoms with van der Waals surface area (Å²) < 4.78 is 2.86. The molecule has 1 atom stereocenters. The van der Waals surface area contributed by atoms with Crippen molar-refractivity contribution < 1.29 is 0 Å². The standard InChI is InChI=1S/C12H14BrN3S/c1-8(14)11-4-3-9(5-12(11)13)17-10-6-15-16(2)7-10/h3-8H,14H2,1-2H3/t8-/m0/s1. The van der Waals surface area contributed by atoms with Gasteiger partial charge in [-0.3, -0.25) is 4.68 Å². The predicted molar refractivity (Wildman–Crippen MR) is 74.1 cm³/mol. The summed E-state index contributed by atoms with van der Waals surface area (Å²) in [6, 6.07) is 6.28. The average Bonchev–Trinajstić information content (AvgIpc) is 2.63. The zero-order valence-electron chi connectivity index (χ0n) is 9.72. The van der Waals surface area contributed by atoms with E-state index >= 15 is 0 Å². The fourth-order valence-corrected chi connectivity index (χ4v) is 3.31. The largest absolute Gasteiger partial charge is 0.324 e. The minimum Gasteiger partial charge on any atom is -0.324 e. The number of halogens is 1. The van der Waals surface area contributed by atoms with E-state index < -0.39 is 0 Å². The van der Waals surface area contributed by atoms with Crippen LogP contribution in [0.5, 0.6) is 0 Å². The minimum absolute atomic E-state index is 0.0433. The molecule has 0 aliphatic rings. The summed E-state index contributed by atoms with van der Waals surface area (Å²) in [6.07, 6.45) is 3.86. The van der Waals surface area contributed by atoms with Crippen LogP contribution in [0.25, 0.3) is 0 Å². The van der Waals surface area contributed by atoms with Crippen LogP contribution in [0.15, 0.2) is 44.9 Å². The Morgan fingerprint density at radius 2 is 2.18 bits per heavy atom. The summed E-state index contributed by atoms with van der Waals surface area (Å²) in [7, 11) is 1.92. The van der Waals surface area contributed by atoms with E-state index in [4.69, 9.17) is 5.73 Å². The first-order valence-electron chi connectivity index (χ1n) is 5.28. The molecule has 0 spiro atoms. The molecule has 0 unspecified atom stereocenters. The van der Waals surface area contributed by atoms with Gasteiger partial charge >= 0.3 is 0 Å². The van der Waals surface area contributed by atoms with Gasteiger partial charge in [0.05, 0.1) is 11.1 Å². The van der Waals surface area contributed by atoms with Crippen molar-refractivity contribution in [3.8, 4) is 0 Å². The number of rotatable bonds is 3. The molecule has 90 valence electrons. The zero-order chi connectivity index (χ0) is 12.4. The third-order valence-electron chi connectivity index (χ3n) is 2.38. The maximum atomic E-state index is 5.87. The molecule has 1 aromatic carbocycles. The lowest BCUT2D eigenvalue weighted by Gasteiger charge is -2.09. The van der Waals surface area contributed by atoms with Gasteiger partial charge in [-0.1, -0.05) is 33.8 Å². The summed E-state index contributed by atoms with van der Waals surface area (Å²) in [5, 5.41) is 4.15. The van der Waals surface area contributed by atoms with Gasteiger partial charge in [0.25, 0.3) is 0 Å². The molecular formula is C12H14BrN3S. The van der Waals surface area contributed by atoms with Crippen molar-refractivity contribution in [1.82, 2.24) is 9.78 Å². The highest BCUT2D eigenvalue weighted by Gasteiger charge is 2.07. The predicted octanol–water partition coefficient (Wildman–Crippen LogP) is 3.35. The first-order chi connectivity index (χ1) is 8.06.